The van der Waals surface area contributed by atoms with Crippen LogP contribution in [-0.2, 0) is 11.3 Å². The van der Waals surface area contributed by atoms with Crippen molar-refractivity contribution in [2.45, 2.75) is 25.4 Å². The van der Waals surface area contributed by atoms with Crippen LogP contribution in [0.15, 0.2) is 72.8 Å². The standard InChI is InChI=1S/C27H24FN3O3/c28-24-11-10-23(16-25(24)30-27(33)34-18-20-4-2-1-3-5-20)26(32)31-14-12-22(13-15-31)21-8-6-19(17-29)7-9-21/h1-11,16,22H,12-15,18H2,(H,30,33). The maximum absolute atomic E-state index is 14.3. The maximum Gasteiger partial charge on any atom is 0.412 e. The van der Waals surface area contributed by atoms with Gasteiger partial charge in [0.05, 0.1) is 17.3 Å². The first kappa shape index (κ1) is 23.0. The van der Waals surface area contributed by atoms with Crippen molar-refractivity contribution in [1.82, 2.24) is 4.90 Å². The number of ether oxygens (including phenoxy) is 1. The topological polar surface area (TPSA) is 82.4 Å². The minimum Gasteiger partial charge on any atom is -0.444 e. The molecule has 7 heteroatoms. The van der Waals surface area contributed by atoms with E-state index in [2.05, 4.69) is 11.4 Å². The normalized spacial score (nSPS) is 13.7. The number of amides is 2. The van der Waals surface area contributed by atoms with Gasteiger partial charge in [-0.1, -0.05) is 42.5 Å². The summed E-state index contributed by atoms with van der Waals surface area (Å²) in [7, 11) is 0. The molecule has 0 aromatic heterocycles. The van der Waals surface area contributed by atoms with Crippen LogP contribution in [-0.4, -0.2) is 30.0 Å². The Kier molecular flexibility index (Phi) is 7.19. The van der Waals surface area contributed by atoms with E-state index in [4.69, 9.17) is 10.00 Å². The molecule has 3 aromatic rings. The molecule has 2 amide bonds. The van der Waals surface area contributed by atoms with Crippen molar-refractivity contribution in [2.75, 3.05) is 18.4 Å². The van der Waals surface area contributed by atoms with Gasteiger partial charge in [0.15, 0.2) is 0 Å². The zero-order valence-corrected chi connectivity index (χ0v) is 18.5. The number of halogens is 1. The fraction of sp³-hybridized carbons (Fsp3) is 0.222. The van der Waals surface area contributed by atoms with Crippen LogP contribution in [0.5, 0.6) is 0 Å². The number of rotatable bonds is 5. The first-order chi connectivity index (χ1) is 16.5. The number of likely N-dealkylation sites (tertiary alicyclic amines) is 1. The Morgan fingerprint density at radius 3 is 2.41 bits per heavy atom. The molecule has 0 aliphatic carbocycles. The van der Waals surface area contributed by atoms with Crippen molar-refractivity contribution >= 4 is 17.7 Å². The number of hydrogen-bond acceptors (Lipinski definition) is 4. The van der Waals surface area contributed by atoms with Gasteiger partial charge in [0.2, 0.25) is 0 Å². The van der Waals surface area contributed by atoms with Crippen LogP contribution < -0.4 is 5.32 Å². The predicted molar refractivity (Wildman–Crippen MR) is 126 cm³/mol. The number of nitrogens with zero attached hydrogens (tertiary/aromatic N) is 2. The van der Waals surface area contributed by atoms with E-state index in [0.29, 0.717) is 30.1 Å². The number of nitrogens with one attached hydrogen (secondary N) is 1. The number of carbonyl (C=O) groups is 2. The second-order valence-corrected chi connectivity index (χ2v) is 8.18. The Balaban J connectivity index is 1.35. The van der Waals surface area contributed by atoms with Crippen molar-refractivity contribution < 1.29 is 18.7 Å². The zero-order valence-electron chi connectivity index (χ0n) is 18.5. The first-order valence-corrected chi connectivity index (χ1v) is 11.1. The van der Waals surface area contributed by atoms with Gasteiger partial charge in [-0.25, -0.2) is 9.18 Å². The minimum atomic E-state index is -0.796. The smallest absolute Gasteiger partial charge is 0.412 e. The molecule has 6 nitrogen and oxygen atoms in total. The maximum atomic E-state index is 14.3. The molecule has 4 rings (SSSR count). The lowest BCUT2D eigenvalue weighted by molar-refractivity contribution is 0.0713. The first-order valence-electron chi connectivity index (χ1n) is 11.1. The molecule has 0 spiro atoms. The summed E-state index contributed by atoms with van der Waals surface area (Å²) < 4.78 is 19.4. The molecule has 172 valence electrons. The Hall–Kier alpha value is -4.18. The van der Waals surface area contributed by atoms with E-state index >= 15 is 0 Å². The number of benzene rings is 3. The third-order valence-corrected chi connectivity index (χ3v) is 5.96. The van der Waals surface area contributed by atoms with Crippen LogP contribution in [0.4, 0.5) is 14.9 Å². The molecule has 0 atom stereocenters. The van der Waals surface area contributed by atoms with Gasteiger partial charge in [-0.3, -0.25) is 10.1 Å². The highest BCUT2D eigenvalue weighted by molar-refractivity contribution is 5.96. The van der Waals surface area contributed by atoms with Gasteiger partial charge in [0.25, 0.3) is 5.91 Å². The lowest BCUT2D eigenvalue weighted by atomic mass is 9.89. The number of nitriles is 1. The largest absolute Gasteiger partial charge is 0.444 e. The summed E-state index contributed by atoms with van der Waals surface area (Å²) in [6.07, 6.45) is 0.807. The van der Waals surface area contributed by atoms with Crippen LogP contribution in [0.1, 0.15) is 45.8 Å². The van der Waals surface area contributed by atoms with Crippen molar-refractivity contribution in [1.29, 1.82) is 5.26 Å². The minimum absolute atomic E-state index is 0.0566. The quantitative estimate of drug-likeness (QED) is 0.551. The molecular weight excluding hydrogens is 433 g/mol. The molecule has 1 saturated heterocycles. The highest BCUT2D eigenvalue weighted by Gasteiger charge is 2.25. The van der Waals surface area contributed by atoms with E-state index < -0.39 is 11.9 Å². The van der Waals surface area contributed by atoms with Crippen molar-refractivity contribution in [3.63, 3.8) is 0 Å². The van der Waals surface area contributed by atoms with Gasteiger partial charge in [-0.05, 0) is 60.2 Å². The molecule has 1 aliphatic rings. The molecule has 3 aromatic carbocycles. The Labute approximate surface area is 197 Å². The highest BCUT2D eigenvalue weighted by atomic mass is 19.1. The van der Waals surface area contributed by atoms with E-state index in [9.17, 15) is 14.0 Å². The van der Waals surface area contributed by atoms with E-state index in [1.165, 1.54) is 18.2 Å². The van der Waals surface area contributed by atoms with E-state index in [-0.39, 0.29) is 18.2 Å². The third kappa shape index (κ3) is 5.59. The fourth-order valence-electron chi connectivity index (χ4n) is 4.05. The fourth-order valence-corrected chi connectivity index (χ4v) is 4.05. The SMILES string of the molecule is N#Cc1ccc(C2CCN(C(=O)c3ccc(F)c(NC(=O)OCc4ccccc4)c3)CC2)cc1. The summed E-state index contributed by atoms with van der Waals surface area (Å²) in [5, 5.41) is 11.3. The second kappa shape index (κ2) is 10.6. The van der Waals surface area contributed by atoms with E-state index in [1.807, 2.05) is 54.6 Å². The van der Waals surface area contributed by atoms with Crippen LogP contribution in [0, 0.1) is 17.1 Å². The summed E-state index contributed by atoms with van der Waals surface area (Å²) in [4.78, 5) is 26.9. The monoisotopic (exact) mass is 457 g/mol. The second-order valence-electron chi connectivity index (χ2n) is 8.18. The van der Waals surface area contributed by atoms with Gasteiger partial charge >= 0.3 is 6.09 Å². The number of anilines is 1. The zero-order chi connectivity index (χ0) is 23.9. The average Bonchev–Trinajstić information content (AvgIpc) is 2.89. The predicted octanol–water partition coefficient (Wildman–Crippen LogP) is 5.47. The lowest BCUT2D eigenvalue weighted by Gasteiger charge is -2.32. The van der Waals surface area contributed by atoms with Gasteiger partial charge in [-0.2, -0.15) is 5.26 Å². The average molecular weight is 458 g/mol. The van der Waals surface area contributed by atoms with Gasteiger partial charge in [-0.15, -0.1) is 0 Å². The van der Waals surface area contributed by atoms with E-state index in [1.54, 1.807) is 4.90 Å². The molecular formula is C27H24FN3O3. The Morgan fingerprint density at radius 1 is 1.03 bits per heavy atom. The molecule has 0 bridgehead atoms. The molecule has 34 heavy (non-hydrogen) atoms. The van der Waals surface area contributed by atoms with Crippen molar-refractivity contribution in [3.8, 4) is 6.07 Å². The summed E-state index contributed by atoms with van der Waals surface area (Å²) in [5.41, 5.74) is 2.80. The molecule has 1 N–H and O–H groups in total. The molecule has 0 unspecified atom stereocenters. The molecule has 1 aliphatic heterocycles. The number of carbonyl (C=O) groups excluding carboxylic acids is 2. The summed E-state index contributed by atoms with van der Waals surface area (Å²) >= 11 is 0. The summed E-state index contributed by atoms with van der Waals surface area (Å²) in [6, 6.07) is 22.8. The van der Waals surface area contributed by atoms with Crippen LogP contribution >= 0.6 is 0 Å². The lowest BCUT2D eigenvalue weighted by Crippen LogP contribution is -2.38. The highest BCUT2D eigenvalue weighted by Crippen LogP contribution is 2.29. The molecule has 0 radical (unpaired) electrons. The van der Waals surface area contributed by atoms with E-state index in [0.717, 1.165) is 24.0 Å². The van der Waals surface area contributed by atoms with Crippen molar-refractivity contribution in [2.24, 2.45) is 0 Å². The summed E-state index contributed by atoms with van der Waals surface area (Å²) in [5.74, 6) is -0.534. The van der Waals surface area contributed by atoms with Crippen LogP contribution in [0.3, 0.4) is 0 Å². The Bertz CT molecular complexity index is 1200. The van der Waals surface area contributed by atoms with Gasteiger partial charge in [0.1, 0.15) is 12.4 Å². The molecule has 1 fully saturated rings. The number of piperidine rings is 1. The Morgan fingerprint density at radius 2 is 1.74 bits per heavy atom. The van der Waals surface area contributed by atoms with Crippen LogP contribution in [0.25, 0.3) is 0 Å². The third-order valence-electron chi connectivity index (χ3n) is 5.96. The van der Waals surface area contributed by atoms with Crippen molar-refractivity contribution in [3.05, 3.63) is 101 Å². The molecule has 1 heterocycles. The molecule has 0 saturated carbocycles. The van der Waals surface area contributed by atoms with Gasteiger partial charge in [0, 0.05) is 18.7 Å². The number of hydrogen-bond donors (Lipinski definition) is 1. The summed E-state index contributed by atoms with van der Waals surface area (Å²) in [6.45, 7) is 1.20. The van der Waals surface area contributed by atoms with Gasteiger partial charge < -0.3 is 9.64 Å². The van der Waals surface area contributed by atoms with Crippen LogP contribution in [0.2, 0.25) is 0 Å².